The number of fused-ring (bicyclic) bond motifs is 1. The first kappa shape index (κ1) is 21.5. The van der Waals surface area contributed by atoms with Gasteiger partial charge >= 0.3 is 0 Å². The highest BCUT2D eigenvalue weighted by Crippen LogP contribution is 2.36. The molecule has 0 bridgehead atoms. The predicted octanol–water partition coefficient (Wildman–Crippen LogP) is 5.42. The minimum absolute atomic E-state index is 0.194. The summed E-state index contributed by atoms with van der Waals surface area (Å²) in [6.07, 6.45) is 3.84. The lowest BCUT2D eigenvalue weighted by Gasteiger charge is -2.20. The SMILES string of the molecule is O=C(Nc1nc2c(Cl)ccc(Cl)c2s1)c1ccc(S(=O)(=O)N2CCCCCC2)cc1. The van der Waals surface area contributed by atoms with Crippen LogP contribution in [0.5, 0.6) is 0 Å². The van der Waals surface area contributed by atoms with Crippen LogP contribution in [-0.4, -0.2) is 36.7 Å². The number of benzene rings is 2. The normalized spacial score (nSPS) is 15.8. The Labute approximate surface area is 188 Å². The lowest BCUT2D eigenvalue weighted by atomic mass is 10.2. The zero-order valence-electron chi connectivity index (χ0n) is 15.9. The standard InChI is InChI=1S/C20H19Cl2N3O3S2/c21-15-9-10-16(22)18-17(15)23-20(29-18)24-19(26)13-5-7-14(8-6-13)30(27,28)25-11-3-1-2-4-12-25/h5-10H,1-4,11-12H2,(H,23,24,26). The summed E-state index contributed by atoms with van der Waals surface area (Å²) < 4.78 is 28.0. The van der Waals surface area contributed by atoms with Gasteiger partial charge in [-0.2, -0.15) is 4.31 Å². The summed E-state index contributed by atoms with van der Waals surface area (Å²) in [5.74, 6) is -0.389. The number of rotatable bonds is 4. The number of anilines is 1. The Bertz CT molecular complexity index is 1150. The van der Waals surface area contributed by atoms with E-state index in [1.165, 1.54) is 39.9 Å². The second-order valence-corrected chi connectivity index (χ2v) is 10.8. The van der Waals surface area contributed by atoms with Crippen molar-refractivity contribution in [2.75, 3.05) is 18.4 Å². The molecule has 1 amide bonds. The lowest BCUT2D eigenvalue weighted by molar-refractivity contribution is 0.102. The first-order chi connectivity index (χ1) is 14.4. The molecule has 1 N–H and O–H groups in total. The van der Waals surface area contributed by atoms with Crippen LogP contribution in [0.25, 0.3) is 10.2 Å². The number of carbonyl (C=O) groups excluding carboxylic acids is 1. The molecule has 1 fully saturated rings. The lowest BCUT2D eigenvalue weighted by Crippen LogP contribution is -2.31. The van der Waals surface area contributed by atoms with Gasteiger partial charge in [0.1, 0.15) is 5.52 Å². The highest BCUT2D eigenvalue weighted by molar-refractivity contribution is 7.89. The molecular formula is C20H19Cl2N3O3S2. The first-order valence-electron chi connectivity index (χ1n) is 9.52. The van der Waals surface area contributed by atoms with E-state index in [1.54, 1.807) is 12.1 Å². The molecular weight excluding hydrogens is 465 g/mol. The van der Waals surface area contributed by atoms with E-state index in [1.807, 2.05) is 0 Å². The van der Waals surface area contributed by atoms with Crippen molar-refractivity contribution in [1.29, 1.82) is 0 Å². The number of nitrogens with one attached hydrogen (secondary N) is 1. The number of nitrogens with zero attached hydrogens (tertiary/aromatic N) is 2. The fourth-order valence-electron chi connectivity index (χ4n) is 3.38. The third-order valence-corrected chi connectivity index (χ3v) is 8.64. The van der Waals surface area contributed by atoms with Gasteiger partial charge in [-0.25, -0.2) is 13.4 Å². The number of thiazole rings is 1. The van der Waals surface area contributed by atoms with Crippen LogP contribution in [0.2, 0.25) is 10.0 Å². The number of hydrogen-bond acceptors (Lipinski definition) is 5. The molecule has 2 aromatic carbocycles. The second kappa shape index (κ2) is 8.80. The Morgan fingerprint density at radius 3 is 2.23 bits per heavy atom. The summed E-state index contributed by atoms with van der Waals surface area (Å²) in [7, 11) is -3.55. The zero-order valence-corrected chi connectivity index (χ0v) is 19.0. The van der Waals surface area contributed by atoms with Crippen molar-refractivity contribution in [1.82, 2.24) is 9.29 Å². The molecule has 0 atom stereocenters. The molecule has 1 aliphatic heterocycles. The number of carbonyl (C=O) groups is 1. The van der Waals surface area contributed by atoms with Crippen LogP contribution in [0, 0.1) is 0 Å². The predicted molar refractivity (Wildman–Crippen MR) is 121 cm³/mol. The van der Waals surface area contributed by atoms with Gasteiger partial charge in [0.05, 0.1) is 19.6 Å². The van der Waals surface area contributed by atoms with Gasteiger partial charge in [-0.3, -0.25) is 10.1 Å². The average Bonchev–Trinajstić information content (AvgIpc) is 2.97. The number of amides is 1. The topological polar surface area (TPSA) is 79.4 Å². The van der Waals surface area contributed by atoms with Crippen LogP contribution in [0.4, 0.5) is 5.13 Å². The van der Waals surface area contributed by atoms with E-state index < -0.39 is 10.0 Å². The minimum atomic E-state index is -3.55. The van der Waals surface area contributed by atoms with Gasteiger partial charge in [0.2, 0.25) is 10.0 Å². The summed E-state index contributed by atoms with van der Waals surface area (Å²) in [4.78, 5) is 17.1. The fourth-order valence-corrected chi connectivity index (χ4v) is 6.31. The fraction of sp³-hybridized carbons (Fsp3) is 0.300. The molecule has 0 unspecified atom stereocenters. The van der Waals surface area contributed by atoms with E-state index in [2.05, 4.69) is 10.3 Å². The Morgan fingerprint density at radius 2 is 1.60 bits per heavy atom. The zero-order chi connectivity index (χ0) is 21.3. The van der Waals surface area contributed by atoms with Gasteiger partial charge in [-0.15, -0.1) is 0 Å². The molecule has 0 spiro atoms. The van der Waals surface area contributed by atoms with Crippen molar-refractivity contribution in [3.63, 3.8) is 0 Å². The number of halogens is 2. The van der Waals surface area contributed by atoms with E-state index in [4.69, 9.17) is 23.2 Å². The molecule has 3 aromatic rings. The maximum Gasteiger partial charge on any atom is 0.257 e. The van der Waals surface area contributed by atoms with Gasteiger partial charge in [0.25, 0.3) is 5.91 Å². The molecule has 1 aliphatic rings. The Balaban J connectivity index is 1.52. The molecule has 0 radical (unpaired) electrons. The quantitative estimate of drug-likeness (QED) is 0.536. The minimum Gasteiger partial charge on any atom is -0.298 e. The van der Waals surface area contributed by atoms with Gasteiger partial charge in [0.15, 0.2) is 5.13 Å². The van der Waals surface area contributed by atoms with Gasteiger partial charge < -0.3 is 0 Å². The number of hydrogen-bond donors (Lipinski definition) is 1. The van der Waals surface area contributed by atoms with E-state index in [0.29, 0.717) is 44.0 Å². The summed E-state index contributed by atoms with van der Waals surface area (Å²) in [6, 6.07) is 9.30. The van der Waals surface area contributed by atoms with Crippen LogP contribution in [0.1, 0.15) is 36.0 Å². The molecule has 2 heterocycles. The molecule has 158 valence electrons. The molecule has 0 saturated carbocycles. The van der Waals surface area contributed by atoms with Crippen molar-refractivity contribution < 1.29 is 13.2 Å². The van der Waals surface area contributed by atoms with E-state index in [-0.39, 0.29) is 10.8 Å². The van der Waals surface area contributed by atoms with Crippen molar-refractivity contribution in [2.45, 2.75) is 30.6 Å². The molecule has 1 saturated heterocycles. The largest absolute Gasteiger partial charge is 0.298 e. The van der Waals surface area contributed by atoms with Gasteiger partial charge in [-0.05, 0) is 49.2 Å². The molecule has 4 rings (SSSR count). The molecule has 6 nitrogen and oxygen atoms in total. The van der Waals surface area contributed by atoms with Crippen LogP contribution in [-0.2, 0) is 10.0 Å². The van der Waals surface area contributed by atoms with Crippen molar-refractivity contribution in [3.05, 3.63) is 52.0 Å². The third kappa shape index (κ3) is 4.33. The second-order valence-electron chi connectivity index (χ2n) is 7.02. The highest BCUT2D eigenvalue weighted by Gasteiger charge is 2.25. The summed E-state index contributed by atoms with van der Waals surface area (Å²) in [6.45, 7) is 1.07. The van der Waals surface area contributed by atoms with Crippen LogP contribution in [0.3, 0.4) is 0 Å². The smallest absolute Gasteiger partial charge is 0.257 e. The monoisotopic (exact) mass is 483 g/mol. The van der Waals surface area contributed by atoms with Crippen molar-refractivity contribution in [2.24, 2.45) is 0 Å². The molecule has 10 heteroatoms. The molecule has 1 aromatic heterocycles. The van der Waals surface area contributed by atoms with Crippen LogP contribution >= 0.6 is 34.5 Å². The summed E-state index contributed by atoms with van der Waals surface area (Å²) in [5.41, 5.74) is 0.865. The summed E-state index contributed by atoms with van der Waals surface area (Å²) >= 11 is 13.5. The Morgan fingerprint density at radius 1 is 0.967 bits per heavy atom. The number of sulfonamides is 1. The maximum atomic E-state index is 12.9. The first-order valence-corrected chi connectivity index (χ1v) is 12.5. The van der Waals surface area contributed by atoms with Crippen LogP contribution < -0.4 is 5.32 Å². The Hall–Kier alpha value is -1.71. The van der Waals surface area contributed by atoms with E-state index in [0.717, 1.165) is 25.7 Å². The van der Waals surface area contributed by atoms with Crippen molar-refractivity contribution in [3.8, 4) is 0 Å². The van der Waals surface area contributed by atoms with Gasteiger partial charge in [-0.1, -0.05) is 47.4 Å². The van der Waals surface area contributed by atoms with E-state index >= 15 is 0 Å². The van der Waals surface area contributed by atoms with Crippen LogP contribution in [0.15, 0.2) is 41.3 Å². The average molecular weight is 484 g/mol. The van der Waals surface area contributed by atoms with Crippen molar-refractivity contribution >= 4 is 65.8 Å². The third-order valence-electron chi connectivity index (χ3n) is 4.99. The Kier molecular flexibility index (Phi) is 6.31. The van der Waals surface area contributed by atoms with E-state index in [9.17, 15) is 13.2 Å². The molecule has 30 heavy (non-hydrogen) atoms. The number of aromatic nitrogens is 1. The maximum absolute atomic E-state index is 12.9. The molecule has 0 aliphatic carbocycles. The highest BCUT2D eigenvalue weighted by atomic mass is 35.5. The van der Waals surface area contributed by atoms with Gasteiger partial charge in [0, 0.05) is 18.7 Å². The summed E-state index contributed by atoms with van der Waals surface area (Å²) in [5, 5.41) is 4.05.